The summed E-state index contributed by atoms with van der Waals surface area (Å²) >= 11 is 6.23. The molecule has 0 atom stereocenters. The maximum atomic E-state index is 6.23. The minimum Gasteiger partial charge on any atom is -0.497 e. The lowest BCUT2D eigenvalue weighted by Gasteiger charge is -2.14. The Morgan fingerprint density at radius 2 is 1.71 bits per heavy atom. The molecule has 0 bridgehead atoms. The molecular formula is C25H25ClN4O. The van der Waals surface area contributed by atoms with E-state index in [0.29, 0.717) is 5.02 Å². The Hall–Kier alpha value is -3.15. The number of ether oxygens (including phenoxy) is 1. The molecule has 31 heavy (non-hydrogen) atoms. The first kappa shape index (κ1) is 21.1. The number of anilines is 1. The minimum absolute atomic E-state index is 0.699. The van der Waals surface area contributed by atoms with Crippen molar-refractivity contribution in [3.05, 3.63) is 71.0 Å². The van der Waals surface area contributed by atoms with Gasteiger partial charge in [-0.1, -0.05) is 17.7 Å². The van der Waals surface area contributed by atoms with E-state index >= 15 is 0 Å². The average molecular weight is 433 g/mol. The van der Waals surface area contributed by atoms with Crippen molar-refractivity contribution in [2.75, 3.05) is 39.6 Å². The second-order valence-corrected chi connectivity index (χ2v) is 8.05. The highest BCUT2D eigenvalue weighted by molar-refractivity contribution is 6.31. The molecule has 0 aliphatic carbocycles. The van der Waals surface area contributed by atoms with Crippen LogP contribution in [0, 0.1) is 0 Å². The molecule has 0 saturated heterocycles. The van der Waals surface area contributed by atoms with E-state index in [0.717, 1.165) is 57.7 Å². The van der Waals surface area contributed by atoms with Gasteiger partial charge in [0, 0.05) is 34.6 Å². The number of rotatable bonds is 7. The fourth-order valence-corrected chi connectivity index (χ4v) is 3.55. The molecule has 0 fully saturated rings. The lowest BCUT2D eigenvalue weighted by molar-refractivity contribution is 0.415. The standard InChI is InChI=1S/C25H25ClN4O/c1-30(2)13-12-27-25-16-20(29-24-10-5-18(26)15-22(24)25)8-7-19-6-4-17-14-21(31-3)9-11-23(17)28-19/h4-11,14-16H,12-13H2,1-3H3,(H,27,29)/b8-7+. The monoisotopic (exact) mass is 432 g/mol. The molecule has 4 aromatic rings. The van der Waals surface area contributed by atoms with Gasteiger partial charge in [-0.3, -0.25) is 0 Å². The molecule has 2 aromatic heterocycles. The van der Waals surface area contributed by atoms with Crippen LogP contribution >= 0.6 is 11.6 Å². The van der Waals surface area contributed by atoms with Crippen LogP contribution in [-0.4, -0.2) is 49.2 Å². The molecule has 0 spiro atoms. The summed E-state index contributed by atoms with van der Waals surface area (Å²) in [5.74, 6) is 0.826. The van der Waals surface area contributed by atoms with Gasteiger partial charge in [-0.2, -0.15) is 0 Å². The highest BCUT2D eigenvalue weighted by atomic mass is 35.5. The zero-order valence-corrected chi connectivity index (χ0v) is 18.6. The Morgan fingerprint density at radius 3 is 2.52 bits per heavy atom. The number of methoxy groups -OCH3 is 1. The number of pyridine rings is 2. The van der Waals surface area contributed by atoms with E-state index < -0.39 is 0 Å². The van der Waals surface area contributed by atoms with E-state index in [1.807, 2.05) is 54.6 Å². The quantitative estimate of drug-likeness (QED) is 0.412. The molecule has 0 aliphatic rings. The summed E-state index contributed by atoms with van der Waals surface area (Å²) in [5.41, 5.74) is 4.58. The molecular weight excluding hydrogens is 408 g/mol. The molecule has 1 N–H and O–H groups in total. The molecule has 2 heterocycles. The predicted octanol–water partition coefficient (Wildman–Crippen LogP) is 5.59. The van der Waals surface area contributed by atoms with Crippen molar-refractivity contribution in [3.63, 3.8) is 0 Å². The summed E-state index contributed by atoms with van der Waals surface area (Å²) in [4.78, 5) is 11.6. The maximum absolute atomic E-state index is 6.23. The second kappa shape index (κ2) is 9.33. The first-order valence-electron chi connectivity index (χ1n) is 10.1. The number of nitrogens with zero attached hydrogens (tertiary/aromatic N) is 3. The number of aromatic nitrogens is 2. The van der Waals surface area contributed by atoms with Crippen LogP contribution in [0.2, 0.25) is 5.02 Å². The van der Waals surface area contributed by atoms with E-state index in [-0.39, 0.29) is 0 Å². The van der Waals surface area contributed by atoms with Crippen LogP contribution < -0.4 is 10.1 Å². The molecule has 0 radical (unpaired) electrons. The molecule has 0 aliphatic heterocycles. The van der Waals surface area contributed by atoms with Gasteiger partial charge in [0.25, 0.3) is 0 Å². The fourth-order valence-electron chi connectivity index (χ4n) is 3.37. The Bertz CT molecular complexity index is 1250. The van der Waals surface area contributed by atoms with Crippen molar-refractivity contribution in [1.29, 1.82) is 0 Å². The van der Waals surface area contributed by atoms with Crippen LogP contribution in [0.4, 0.5) is 5.69 Å². The average Bonchev–Trinajstić information content (AvgIpc) is 2.77. The Kier molecular flexibility index (Phi) is 6.35. The SMILES string of the molecule is COc1ccc2nc(/C=C/c3cc(NCCN(C)C)c4cc(Cl)ccc4n3)ccc2c1. The van der Waals surface area contributed by atoms with Crippen molar-refractivity contribution in [3.8, 4) is 5.75 Å². The summed E-state index contributed by atoms with van der Waals surface area (Å²) in [6.07, 6.45) is 3.97. The molecule has 5 nitrogen and oxygen atoms in total. The van der Waals surface area contributed by atoms with E-state index in [9.17, 15) is 0 Å². The first-order valence-corrected chi connectivity index (χ1v) is 10.5. The largest absolute Gasteiger partial charge is 0.497 e. The number of hydrogen-bond donors (Lipinski definition) is 1. The zero-order chi connectivity index (χ0) is 21.8. The van der Waals surface area contributed by atoms with Crippen LogP contribution in [0.15, 0.2) is 54.6 Å². The number of nitrogens with one attached hydrogen (secondary N) is 1. The van der Waals surface area contributed by atoms with Gasteiger partial charge >= 0.3 is 0 Å². The highest BCUT2D eigenvalue weighted by Gasteiger charge is 2.06. The lowest BCUT2D eigenvalue weighted by atomic mass is 10.1. The van der Waals surface area contributed by atoms with E-state index in [1.165, 1.54) is 0 Å². The van der Waals surface area contributed by atoms with Gasteiger partial charge in [0.05, 0.1) is 29.5 Å². The Balaban J connectivity index is 1.64. The smallest absolute Gasteiger partial charge is 0.119 e. The summed E-state index contributed by atoms with van der Waals surface area (Å²) in [5, 5.41) is 6.28. The van der Waals surface area contributed by atoms with Gasteiger partial charge in [0.2, 0.25) is 0 Å². The van der Waals surface area contributed by atoms with Crippen molar-refractivity contribution >= 4 is 51.2 Å². The zero-order valence-electron chi connectivity index (χ0n) is 17.9. The number of likely N-dealkylation sites (N-methyl/N-ethyl adjacent to an activating group) is 1. The molecule has 0 saturated carbocycles. The third kappa shape index (κ3) is 5.13. The molecule has 158 valence electrons. The third-order valence-corrected chi connectivity index (χ3v) is 5.24. The minimum atomic E-state index is 0.699. The third-order valence-electron chi connectivity index (χ3n) is 5.01. The van der Waals surface area contributed by atoms with Gasteiger partial charge in [-0.25, -0.2) is 9.97 Å². The molecule has 2 aromatic carbocycles. The molecule has 0 unspecified atom stereocenters. The number of hydrogen-bond acceptors (Lipinski definition) is 5. The molecule has 0 amide bonds. The van der Waals surface area contributed by atoms with Crippen LogP contribution in [-0.2, 0) is 0 Å². The highest BCUT2D eigenvalue weighted by Crippen LogP contribution is 2.27. The summed E-state index contributed by atoms with van der Waals surface area (Å²) in [6.45, 7) is 1.76. The summed E-state index contributed by atoms with van der Waals surface area (Å²) in [6, 6.07) is 17.7. The van der Waals surface area contributed by atoms with Crippen LogP contribution in [0.5, 0.6) is 5.75 Å². The van der Waals surface area contributed by atoms with E-state index in [1.54, 1.807) is 7.11 Å². The molecule has 6 heteroatoms. The van der Waals surface area contributed by atoms with Crippen molar-refractivity contribution in [1.82, 2.24) is 14.9 Å². The molecule has 4 rings (SSSR count). The van der Waals surface area contributed by atoms with Crippen LogP contribution in [0.25, 0.3) is 34.0 Å². The fraction of sp³-hybridized carbons (Fsp3) is 0.200. The predicted molar refractivity (Wildman–Crippen MR) is 131 cm³/mol. The first-order chi connectivity index (χ1) is 15.0. The topological polar surface area (TPSA) is 50.3 Å². The van der Waals surface area contributed by atoms with Gasteiger partial charge < -0.3 is 15.0 Å². The van der Waals surface area contributed by atoms with Crippen LogP contribution in [0.3, 0.4) is 0 Å². The van der Waals surface area contributed by atoms with Gasteiger partial charge in [0.1, 0.15) is 5.75 Å². The van der Waals surface area contributed by atoms with Crippen molar-refractivity contribution < 1.29 is 4.74 Å². The van der Waals surface area contributed by atoms with Crippen molar-refractivity contribution in [2.45, 2.75) is 0 Å². The second-order valence-electron chi connectivity index (χ2n) is 7.61. The number of fused-ring (bicyclic) bond motifs is 2. The van der Waals surface area contributed by atoms with Crippen molar-refractivity contribution in [2.24, 2.45) is 0 Å². The van der Waals surface area contributed by atoms with E-state index in [4.69, 9.17) is 26.3 Å². The van der Waals surface area contributed by atoms with Gasteiger partial charge in [-0.15, -0.1) is 0 Å². The Labute approximate surface area is 187 Å². The summed E-state index contributed by atoms with van der Waals surface area (Å²) in [7, 11) is 5.79. The summed E-state index contributed by atoms with van der Waals surface area (Å²) < 4.78 is 5.29. The normalized spacial score (nSPS) is 11.6. The van der Waals surface area contributed by atoms with Gasteiger partial charge in [-0.05, 0) is 74.8 Å². The lowest BCUT2D eigenvalue weighted by Crippen LogP contribution is -2.20. The maximum Gasteiger partial charge on any atom is 0.119 e. The van der Waals surface area contributed by atoms with E-state index in [2.05, 4.69) is 36.4 Å². The number of benzene rings is 2. The van der Waals surface area contributed by atoms with Gasteiger partial charge in [0.15, 0.2) is 0 Å². The Morgan fingerprint density at radius 1 is 0.935 bits per heavy atom. The number of halogens is 1. The van der Waals surface area contributed by atoms with Crippen LogP contribution in [0.1, 0.15) is 11.4 Å².